The summed E-state index contributed by atoms with van der Waals surface area (Å²) in [5.74, 6) is 0. The molecule has 0 amide bonds. The van der Waals surface area contributed by atoms with Crippen molar-refractivity contribution in [1.29, 1.82) is 0 Å². The minimum Gasteiger partial charge on any atom is -0.394 e. The third kappa shape index (κ3) is 2.81. The highest BCUT2D eigenvalue weighted by atomic mass is 16.5. The molecule has 1 saturated heterocycles. The van der Waals surface area contributed by atoms with Crippen molar-refractivity contribution >= 4 is 0 Å². The standard InChI is InChI=1S/C13H26N2O2/c1-14-13(10-16)6-3-4-11(8-13)15-7-5-12(9-15)17-2/h11-12,14,16H,3-10H2,1-2H3. The molecule has 2 fully saturated rings. The SMILES string of the molecule is CNC1(CO)CCCC(N2CCC(OC)C2)C1. The van der Waals surface area contributed by atoms with Gasteiger partial charge in [-0.25, -0.2) is 0 Å². The lowest BCUT2D eigenvalue weighted by molar-refractivity contribution is 0.0592. The Hall–Kier alpha value is -0.160. The van der Waals surface area contributed by atoms with Crippen molar-refractivity contribution in [3.63, 3.8) is 0 Å². The van der Waals surface area contributed by atoms with Crippen LogP contribution in [0.3, 0.4) is 0 Å². The molecule has 4 heteroatoms. The zero-order chi connectivity index (χ0) is 12.3. The van der Waals surface area contributed by atoms with Crippen LogP contribution in [0.15, 0.2) is 0 Å². The molecule has 2 rings (SSSR count). The fourth-order valence-electron chi connectivity index (χ4n) is 3.37. The summed E-state index contributed by atoms with van der Waals surface area (Å²) in [6.45, 7) is 2.46. The lowest BCUT2D eigenvalue weighted by atomic mass is 9.79. The summed E-state index contributed by atoms with van der Waals surface area (Å²) in [7, 11) is 3.78. The van der Waals surface area contributed by atoms with Crippen LogP contribution in [0.4, 0.5) is 0 Å². The number of aliphatic hydroxyl groups excluding tert-OH is 1. The summed E-state index contributed by atoms with van der Waals surface area (Å²) in [4.78, 5) is 2.55. The van der Waals surface area contributed by atoms with Crippen molar-refractivity contribution in [2.24, 2.45) is 0 Å². The van der Waals surface area contributed by atoms with Gasteiger partial charge in [0.1, 0.15) is 0 Å². The van der Waals surface area contributed by atoms with Gasteiger partial charge in [0.05, 0.1) is 12.7 Å². The van der Waals surface area contributed by atoms with E-state index in [2.05, 4.69) is 10.2 Å². The van der Waals surface area contributed by atoms with Crippen LogP contribution in [-0.2, 0) is 4.74 Å². The Morgan fingerprint density at radius 2 is 2.29 bits per heavy atom. The van der Waals surface area contributed by atoms with Gasteiger partial charge < -0.3 is 15.2 Å². The number of likely N-dealkylation sites (N-methyl/N-ethyl adjacent to an activating group) is 1. The Bertz CT molecular complexity index is 244. The molecule has 0 aromatic carbocycles. The van der Waals surface area contributed by atoms with Gasteiger partial charge in [-0.05, 0) is 39.2 Å². The van der Waals surface area contributed by atoms with Gasteiger partial charge in [-0.15, -0.1) is 0 Å². The lowest BCUT2D eigenvalue weighted by Crippen LogP contribution is -2.54. The Labute approximate surface area is 104 Å². The van der Waals surface area contributed by atoms with Crippen molar-refractivity contribution in [2.75, 3.05) is 33.9 Å². The monoisotopic (exact) mass is 242 g/mol. The van der Waals surface area contributed by atoms with E-state index in [9.17, 15) is 5.11 Å². The maximum atomic E-state index is 9.59. The van der Waals surface area contributed by atoms with Crippen molar-refractivity contribution in [2.45, 2.75) is 49.8 Å². The Morgan fingerprint density at radius 1 is 1.47 bits per heavy atom. The molecule has 0 aromatic rings. The molecule has 0 radical (unpaired) electrons. The summed E-state index contributed by atoms with van der Waals surface area (Å²) in [6, 6.07) is 0.614. The van der Waals surface area contributed by atoms with E-state index < -0.39 is 0 Å². The van der Waals surface area contributed by atoms with Gasteiger partial charge in [0.2, 0.25) is 0 Å². The quantitative estimate of drug-likeness (QED) is 0.758. The molecule has 17 heavy (non-hydrogen) atoms. The maximum Gasteiger partial charge on any atom is 0.0710 e. The van der Waals surface area contributed by atoms with Gasteiger partial charge in [0.25, 0.3) is 0 Å². The van der Waals surface area contributed by atoms with Crippen LogP contribution >= 0.6 is 0 Å². The zero-order valence-corrected chi connectivity index (χ0v) is 11.1. The minimum absolute atomic E-state index is 0.0475. The number of methoxy groups -OCH3 is 1. The van der Waals surface area contributed by atoms with Crippen molar-refractivity contribution in [3.8, 4) is 0 Å². The molecule has 0 aromatic heterocycles. The van der Waals surface area contributed by atoms with Crippen LogP contribution in [0.25, 0.3) is 0 Å². The molecule has 1 aliphatic heterocycles. The molecule has 2 aliphatic rings. The van der Waals surface area contributed by atoms with E-state index in [1.807, 2.05) is 7.05 Å². The first-order valence-electron chi connectivity index (χ1n) is 6.79. The van der Waals surface area contributed by atoms with Crippen molar-refractivity contribution in [1.82, 2.24) is 10.2 Å². The van der Waals surface area contributed by atoms with Crippen LogP contribution in [0, 0.1) is 0 Å². The molecular formula is C13H26N2O2. The van der Waals surface area contributed by atoms with Crippen LogP contribution in [-0.4, -0.2) is 61.5 Å². The molecule has 1 saturated carbocycles. The second kappa shape index (κ2) is 5.65. The Kier molecular flexibility index (Phi) is 4.42. The van der Waals surface area contributed by atoms with E-state index in [-0.39, 0.29) is 12.1 Å². The van der Waals surface area contributed by atoms with Crippen LogP contribution in [0.1, 0.15) is 32.1 Å². The van der Waals surface area contributed by atoms with Gasteiger partial charge in [0.15, 0.2) is 0 Å². The third-order valence-corrected chi connectivity index (χ3v) is 4.68. The third-order valence-electron chi connectivity index (χ3n) is 4.68. The van der Waals surface area contributed by atoms with Gasteiger partial charge in [-0.1, -0.05) is 0 Å². The van der Waals surface area contributed by atoms with Crippen molar-refractivity contribution in [3.05, 3.63) is 0 Å². The first-order valence-corrected chi connectivity index (χ1v) is 6.79. The van der Waals surface area contributed by atoms with Gasteiger partial charge in [-0.2, -0.15) is 0 Å². The molecule has 4 nitrogen and oxygen atoms in total. The molecule has 3 atom stereocenters. The summed E-state index contributed by atoms with van der Waals surface area (Å²) in [5, 5.41) is 12.9. The summed E-state index contributed by atoms with van der Waals surface area (Å²) >= 11 is 0. The van der Waals surface area contributed by atoms with Crippen LogP contribution in [0.5, 0.6) is 0 Å². The number of nitrogens with zero attached hydrogens (tertiary/aromatic N) is 1. The van der Waals surface area contributed by atoms with Crippen molar-refractivity contribution < 1.29 is 9.84 Å². The normalized spacial score (nSPS) is 39.7. The molecule has 100 valence electrons. The predicted molar refractivity (Wildman–Crippen MR) is 68.1 cm³/mol. The number of hydrogen-bond donors (Lipinski definition) is 2. The van der Waals surface area contributed by atoms with Gasteiger partial charge in [0, 0.05) is 31.8 Å². The Morgan fingerprint density at radius 3 is 2.88 bits per heavy atom. The molecule has 1 aliphatic carbocycles. The number of nitrogens with one attached hydrogen (secondary N) is 1. The highest BCUT2D eigenvalue weighted by Gasteiger charge is 2.38. The lowest BCUT2D eigenvalue weighted by Gasteiger charge is -2.42. The van der Waals surface area contributed by atoms with E-state index in [0.29, 0.717) is 12.1 Å². The average molecular weight is 242 g/mol. The first-order chi connectivity index (χ1) is 8.23. The molecule has 0 bridgehead atoms. The number of aliphatic hydroxyl groups is 1. The highest BCUT2D eigenvalue weighted by Crippen LogP contribution is 2.32. The summed E-state index contributed by atoms with van der Waals surface area (Å²) in [6.07, 6.45) is 6.20. The highest BCUT2D eigenvalue weighted by molar-refractivity contribution is 4.97. The average Bonchev–Trinajstić information content (AvgIpc) is 2.87. The number of hydrogen-bond acceptors (Lipinski definition) is 4. The van der Waals surface area contributed by atoms with Crippen LogP contribution < -0.4 is 5.32 Å². The summed E-state index contributed by atoms with van der Waals surface area (Å²) < 4.78 is 5.43. The van der Waals surface area contributed by atoms with E-state index in [1.54, 1.807) is 7.11 Å². The van der Waals surface area contributed by atoms with E-state index in [0.717, 1.165) is 32.4 Å². The van der Waals surface area contributed by atoms with Crippen LogP contribution in [0.2, 0.25) is 0 Å². The largest absolute Gasteiger partial charge is 0.394 e. The predicted octanol–water partition coefficient (Wildman–Crippen LogP) is 0.600. The topological polar surface area (TPSA) is 44.7 Å². The van der Waals surface area contributed by atoms with E-state index >= 15 is 0 Å². The fraction of sp³-hybridized carbons (Fsp3) is 1.00. The fourth-order valence-corrected chi connectivity index (χ4v) is 3.37. The molecular weight excluding hydrogens is 216 g/mol. The van der Waals surface area contributed by atoms with Gasteiger partial charge >= 0.3 is 0 Å². The maximum absolute atomic E-state index is 9.59. The molecule has 1 heterocycles. The molecule has 2 N–H and O–H groups in total. The second-order valence-corrected chi connectivity index (χ2v) is 5.58. The summed E-state index contributed by atoms with van der Waals surface area (Å²) in [5.41, 5.74) is -0.0475. The minimum atomic E-state index is -0.0475. The zero-order valence-electron chi connectivity index (χ0n) is 11.1. The molecule has 3 unspecified atom stereocenters. The van der Waals surface area contributed by atoms with Gasteiger partial charge in [-0.3, -0.25) is 4.90 Å². The smallest absolute Gasteiger partial charge is 0.0710 e. The van der Waals surface area contributed by atoms with E-state index in [4.69, 9.17) is 4.74 Å². The van der Waals surface area contributed by atoms with E-state index in [1.165, 1.54) is 12.8 Å². The molecule has 0 spiro atoms. The number of rotatable bonds is 4. The Balaban J connectivity index is 1.93. The first kappa shape index (κ1) is 13.3. The second-order valence-electron chi connectivity index (χ2n) is 5.58. The number of ether oxygens (including phenoxy) is 1. The number of likely N-dealkylation sites (tertiary alicyclic amines) is 1.